The zero-order chi connectivity index (χ0) is 21.4. The summed E-state index contributed by atoms with van der Waals surface area (Å²) in [6.45, 7) is 5.90. The van der Waals surface area contributed by atoms with Crippen LogP contribution in [0.1, 0.15) is 48.3 Å². The van der Waals surface area contributed by atoms with Crippen LogP contribution in [0, 0.1) is 6.92 Å². The summed E-state index contributed by atoms with van der Waals surface area (Å²) < 4.78 is 5.14. The molecule has 2 aromatic carbocycles. The van der Waals surface area contributed by atoms with Gasteiger partial charge in [-0.3, -0.25) is 14.5 Å². The summed E-state index contributed by atoms with van der Waals surface area (Å²) >= 11 is 0. The van der Waals surface area contributed by atoms with Gasteiger partial charge in [0, 0.05) is 11.6 Å². The maximum absolute atomic E-state index is 13.0. The van der Waals surface area contributed by atoms with Crippen LogP contribution in [-0.4, -0.2) is 22.0 Å². The van der Waals surface area contributed by atoms with Crippen molar-refractivity contribution in [2.45, 2.75) is 32.7 Å². The molecule has 6 heteroatoms. The number of anilines is 1. The molecular weight excluding hydrogens is 380 g/mol. The molecule has 30 heavy (non-hydrogen) atoms. The molecule has 4 rings (SSSR count). The van der Waals surface area contributed by atoms with Gasteiger partial charge in [-0.1, -0.05) is 73.6 Å². The number of aliphatic hydroxyl groups is 1. The number of aromatic nitrogens is 1. The molecule has 6 nitrogen and oxygen atoms in total. The third-order valence-electron chi connectivity index (χ3n) is 5.27. The van der Waals surface area contributed by atoms with Crippen molar-refractivity contribution in [2.24, 2.45) is 0 Å². The first-order valence-electron chi connectivity index (χ1n) is 9.78. The lowest BCUT2D eigenvalue weighted by molar-refractivity contribution is -0.132. The van der Waals surface area contributed by atoms with Gasteiger partial charge in [-0.2, -0.15) is 0 Å². The van der Waals surface area contributed by atoms with Crippen molar-refractivity contribution in [1.82, 2.24) is 5.16 Å². The molecule has 0 radical (unpaired) electrons. The van der Waals surface area contributed by atoms with Gasteiger partial charge in [0.2, 0.25) is 0 Å². The van der Waals surface area contributed by atoms with Crippen LogP contribution in [0.15, 0.2) is 70.8 Å². The number of ketones is 1. The highest BCUT2D eigenvalue weighted by molar-refractivity contribution is 6.51. The summed E-state index contributed by atoms with van der Waals surface area (Å²) in [4.78, 5) is 27.3. The predicted molar refractivity (Wildman–Crippen MR) is 113 cm³/mol. The quantitative estimate of drug-likeness (QED) is 0.387. The van der Waals surface area contributed by atoms with E-state index in [1.54, 1.807) is 37.3 Å². The van der Waals surface area contributed by atoms with Crippen LogP contribution in [-0.2, 0) is 9.59 Å². The van der Waals surface area contributed by atoms with Crippen LogP contribution in [0.5, 0.6) is 0 Å². The monoisotopic (exact) mass is 402 g/mol. The van der Waals surface area contributed by atoms with Crippen molar-refractivity contribution >= 4 is 23.3 Å². The number of carbonyl (C=O) groups excluding carboxylic acids is 2. The van der Waals surface area contributed by atoms with Crippen LogP contribution in [0.3, 0.4) is 0 Å². The number of benzene rings is 2. The largest absolute Gasteiger partial charge is 0.507 e. The fourth-order valence-corrected chi connectivity index (χ4v) is 3.67. The molecule has 0 spiro atoms. The molecule has 0 unspecified atom stereocenters. The molecule has 0 aliphatic carbocycles. The Kier molecular flexibility index (Phi) is 4.99. The molecule has 152 valence electrons. The van der Waals surface area contributed by atoms with E-state index in [2.05, 4.69) is 19.0 Å². The lowest BCUT2D eigenvalue weighted by atomic mass is 9.93. The van der Waals surface area contributed by atoms with Crippen LogP contribution < -0.4 is 4.90 Å². The fourth-order valence-electron chi connectivity index (χ4n) is 3.67. The van der Waals surface area contributed by atoms with Gasteiger partial charge in [0.25, 0.3) is 5.78 Å². The van der Waals surface area contributed by atoms with Crippen molar-refractivity contribution in [2.75, 3.05) is 4.90 Å². The number of carbonyl (C=O) groups is 2. The molecule has 1 aliphatic rings. The van der Waals surface area contributed by atoms with Crippen LogP contribution >= 0.6 is 0 Å². The zero-order valence-corrected chi connectivity index (χ0v) is 17.0. The normalized spacial score (nSPS) is 18.4. The van der Waals surface area contributed by atoms with E-state index >= 15 is 0 Å². The highest BCUT2D eigenvalue weighted by Crippen LogP contribution is 2.42. The molecular formula is C24H22N2O4. The number of aliphatic hydroxyl groups excluding tert-OH is 1. The van der Waals surface area contributed by atoms with E-state index in [-0.39, 0.29) is 17.2 Å². The number of amides is 1. The lowest BCUT2D eigenvalue weighted by Crippen LogP contribution is -2.29. The van der Waals surface area contributed by atoms with Gasteiger partial charge in [-0.25, -0.2) is 0 Å². The topological polar surface area (TPSA) is 83.6 Å². The second-order valence-electron chi connectivity index (χ2n) is 7.65. The first-order valence-corrected chi connectivity index (χ1v) is 9.78. The summed E-state index contributed by atoms with van der Waals surface area (Å²) in [7, 11) is 0. The maximum Gasteiger partial charge on any atom is 0.301 e. The van der Waals surface area contributed by atoms with Gasteiger partial charge in [0.1, 0.15) is 11.5 Å². The fraction of sp³-hybridized carbons (Fsp3) is 0.208. The maximum atomic E-state index is 13.0. The molecule has 1 atom stereocenters. The smallest absolute Gasteiger partial charge is 0.301 e. The van der Waals surface area contributed by atoms with Gasteiger partial charge in [-0.15, -0.1) is 0 Å². The lowest BCUT2D eigenvalue weighted by Gasteiger charge is -2.23. The minimum Gasteiger partial charge on any atom is -0.507 e. The molecule has 3 aromatic rings. The summed E-state index contributed by atoms with van der Waals surface area (Å²) in [6, 6.07) is 17.2. The standard InChI is InChI=1S/C24H22N2O4/c1-14(2)16-9-11-17(12-10-16)21-20(22(27)18-7-5-4-6-8-18)23(28)24(29)26(21)19-13-15(3)30-25-19/h4-14,21,27H,1-3H3/t21-/m1/s1. The van der Waals surface area contributed by atoms with Crippen molar-refractivity contribution in [3.63, 3.8) is 0 Å². The van der Waals surface area contributed by atoms with Crippen LogP contribution in [0.25, 0.3) is 5.76 Å². The minimum absolute atomic E-state index is 0.0316. The second-order valence-corrected chi connectivity index (χ2v) is 7.65. The molecule has 1 aromatic heterocycles. The average molecular weight is 402 g/mol. The third kappa shape index (κ3) is 3.30. The average Bonchev–Trinajstić information content (AvgIpc) is 3.29. The number of hydrogen-bond acceptors (Lipinski definition) is 5. The zero-order valence-electron chi connectivity index (χ0n) is 17.0. The van der Waals surface area contributed by atoms with Gasteiger partial charge in [0.15, 0.2) is 5.82 Å². The molecule has 1 N–H and O–H groups in total. The Morgan fingerprint density at radius 3 is 2.30 bits per heavy atom. The number of hydrogen-bond donors (Lipinski definition) is 1. The van der Waals surface area contributed by atoms with Crippen molar-refractivity contribution < 1.29 is 19.2 Å². The molecule has 2 heterocycles. The Bertz CT molecular complexity index is 1130. The van der Waals surface area contributed by atoms with Gasteiger partial charge >= 0.3 is 5.91 Å². The molecule has 1 amide bonds. The Labute approximate surface area is 174 Å². The number of rotatable bonds is 4. The van der Waals surface area contributed by atoms with Gasteiger partial charge in [0.05, 0.1) is 11.6 Å². The van der Waals surface area contributed by atoms with Crippen LogP contribution in [0.2, 0.25) is 0 Å². The van der Waals surface area contributed by atoms with E-state index in [0.29, 0.717) is 22.8 Å². The molecule has 1 saturated heterocycles. The Morgan fingerprint density at radius 1 is 1.07 bits per heavy atom. The molecule has 0 bridgehead atoms. The first kappa shape index (κ1) is 19.6. The highest BCUT2D eigenvalue weighted by atomic mass is 16.5. The summed E-state index contributed by atoms with van der Waals surface area (Å²) in [5, 5.41) is 14.9. The van der Waals surface area contributed by atoms with E-state index in [1.165, 1.54) is 4.90 Å². The van der Waals surface area contributed by atoms with E-state index in [0.717, 1.165) is 5.56 Å². The van der Waals surface area contributed by atoms with Crippen LogP contribution in [0.4, 0.5) is 5.82 Å². The molecule has 1 fully saturated rings. The second kappa shape index (κ2) is 7.63. The summed E-state index contributed by atoms with van der Waals surface area (Å²) in [5.41, 5.74) is 2.34. The Morgan fingerprint density at radius 2 is 1.73 bits per heavy atom. The van der Waals surface area contributed by atoms with E-state index < -0.39 is 17.7 Å². The van der Waals surface area contributed by atoms with Crippen molar-refractivity contribution in [3.8, 4) is 0 Å². The Balaban J connectivity index is 1.91. The number of Topliss-reactive ketones (excluding diaryl/α,β-unsaturated/α-hetero) is 1. The highest BCUT2D eigenvalue weighted by Gasteiger charge is 2.48. The van der Waals surface area contributed by atoms with Crippen molar-refractivity contribution in [1.29, 1.82) is 0 Å². The molecule has 1 aliphatic heterocycles. The van der Waals surface area contributed by atoms with Crippen molar-refractivity contribution in [3.05, 3.63) is 88.7 Å². The summed E-state index contributed by atoms with van der Waals surface area (Å²) in [6.07, 6.45) is 0. The predicted octanol–water partition coefficient (Wildman–Crippen LogP) is 4.73. The summed E-state index contributed by atoms with van der Waals surface area (Å²) in [5.74, 6) is -0.625. The van der Waals surface area contributed by atoms with Gasteiger partial charge < -0.3 is 9.63 Å². The van der Waals surface area contributed by atoms with Gasteiger partial charge in [-0.05, 0) is 24.0 Å². The van der Waals surface area contributed by atoms with E-state index in [4.69, 9.17) is 4.52 Å². The number of aryl methyl sites for hydroxylation is 1. The molecule has 0 saturated carbocycles. The third-order valence-corrected chi connectivity index (χ3v) is 5.27. The van der Waals surface area contributed by atoms with E-state index in [1.807, 2.05) is 30.3 Å². The van der Waals surface area contributed by atoms with E-state index in [9.17, 15) is 14.7 Å². The minimum atomic E-state index is -0.809. The Hall–Kier alpha value is -3.67. The first-order chi connectivity index (χ1) is 14.4. The SMILES string of the molecule is Cc1cc(N2C(=O)C(=O)C(=C(O)c3ccccc3)[C@H]2c2ccc(C(C)C)cc2)no1. The number of nitrogens with zero attached hydrogens (tertiary/aromatic N) is 2.